The number of rotatable bonds is 4. The number of hydrogen-bond acceptors (Lipinski definition) is 5. The molecule has 0 aromatic carbocycles. The minimum atomic E-state index is -0.284. The predicted molar refractivity (Wildman–Crippen MR) is 94.1 cm³/mol. The van der Waals surface area contributed by atoms with Crippen molar-refractivity contribution in [3.05, 3.63) is 24.1 Å². The predicted octanol–water partition coefficient (Wildman–Crippen LogP) is 1.37. The molecule has 1 aromatic heterocycles. The van der Waals surface area contributed by atoms with Gasteiger partial charge in [0.05, 0.1) is 6.61 Å². The van der Waals surface area contributed by atoms with Crippen LogP contribution in [0.15, 0.2) is 18.3 Å². The fourth-order valence-corrected chi connectivity index (χ4v) is 3.92. The minimum absolute atomic E-state index is 0.125. The standard InChI is InChI=1S/C18H27FN4O2/c1-21-10-11-23(17-15(19)4-3-8-20-17)14-18(21)6-5-16(24)22(9-7-18)12-13-25-2/h3-4,8H,5-7,9-14H2,1-2H3. The van der Waals surface area contributed by atoms with Crippen molar-refractivity contribution in [3.63, 3.8) is 0 Å². The van der Waals surface area contributed by atoms with Crippen LogP contribution in [0.2, 0.25) is 0 Å². The molecule has 2 fully saturated rings. The van der Waals surface area contributed by atoms with Gasteiger partial charge in [-0.3, -0.25) is 9.69 Å². The van der Waals surface area contributed by atoms with Gasteiger partial charge in [-0.1, -0.05) is 0 Å². The van der Waals surface area contributed by atoms with E-state index >= 15 is 0 Å². The Bertz CT molecular complexity index is 614. The normalized spacial score (nSPS) is 25.5. The van der Waals surface area contributed by atoms with Gasteiger partial charge in [-0.15, -0.1) is 0 Å². The molecule has 2 saturated heterocycles. The molecule has 0 bridgehead atoms. The number of likely N-dealkylation sites (N-methyl/N-ethyl adjacent to an activating group) is 1. The van der Waals surface area contributed by atoms with Crippen molar-refractivity contribution in [1.82, 2.24) is 14.8 Å². The van der Waals surface area contributed by atoms with E-state index < -0.39 is 0 Å². The van der Waals surface area contributed by atoms with Crippen molar-refractivity contribution in [2.24, 2.45) is 0 Å². The Kier molecular flexibility index (Phi) is 5.54. The summed E-state index contributed by atoms with van der Waals surface area (Å²) < 4.78 is 19.3. The number of likely N-dealkylation sites (tertiary alicyclic amines) is 1. The third-order valence-corrected chi connectivity index (χ3v) is 5.61. The average Bonchev–Trinajstić information content (AvgIpc) is 2.77. The molecule has 1 amide bonds. The lowest BCUT2D eigenvalue weighted by Crippen LogP contribution is -2.61. The first-order valence-corrected chi connectivity index (χ1v) is 8.89. The topological polar surface area (TPSA) is 48.9 Å². The molecule has 0 saturated carbocycles. The molecular weight excluding hydrogens is 323 g/mol. The van der Waals surface area contributed by atoms with Gasteiger partial charge in [0.2, 0.25) is 5.91 Å². The van der Waals surface area contributed by atoms with Gasteiger partial charge in [-0.05, 0) is 32.0 Å². The third-order valence-electron chi connectivity index (χ3n) is 5.61. The Morgan fingerprint density at radius 3 is 2.92 bits per heavy atom. The Balaban J connectivity index is 1.77. The summed E-state index contributed by atoms with van der Waals surface area (Å²) in [6.45, 7) is 4.18. The van der Waals surface area contributed by atoms with E-state index in [1.165, 1.54) is 6.07 Å². The van der Waals surface area contributed by atoms with E-state index in [1.54, 1.807) is 19.4 Å². The number of pyridine rings is 1. The summed E-state index contributed by atoms with van der Waals surface area (Å²) in [4.78, 5) is 22.9. The largest absolute Gasteiger partial charge is 0.383 e. The monoisotopic (exact) mass is 350 g/mol. The van der Waals surface area contributed by atoms with Gasteiger partial charge in [0.1, 0.15) is 0 Å². The summed E-state index contributed by atoms with van der Waals surface area (Å²) >= 11 is 0. The van der Waals surface area contributed by atoms with E-state index in [-0.39, 0.29) is 17.3 Å². The summed E-state index contributed by atoms with van der Waals surface area (Å²) in [7, 11) is 3.76. The second-order valence-electron chi connectivity index (χ2n) is 7.00. The fraction of sp³-hybridized carbons (Fsp3) is 0.667. The number of aromatic nitrogens is 1. The van der Waals surface area contributed by atoms with Crippen molar-refractivity contribution in [2.75, 3.05) is 58.4 Å². The molecule has 7 heteroatoms. The Hall–Kier alpha value is -1.73. The van der Waals surface area contributed by atoms with Crippen LogP contribution < -0.4 is 4.90 Å². The minimum Gasteiger partial charge on any atom is -0.383 e. The molecule has 1 atom stereocenters. The quantitative estimate of drug-likeness (QED) is 0.821. The highest BCUT2D eigenvalue weighted by Crippen LogP contribution is 2.34. The highest BCUT2D eigenvalue weighted by atomic mass is 19.1. The maximum absolute atomic E-state index is 14.2. The molecule has 1 spiro atoms. The van der Waals surface area contributed by atoms with Gasteiger partial charge in [-0.25, -0.2) is 9.37 Å². The van der Waals surface area contributed by atoms with Crippen LogP contribution in [0.5, 0.6) is 0 Å². The van der Waals surface area contributed by atoms with Crippen LogP contribution >= 0.6 is 0 Å². The first kappa shape index (κ1) is 18.1. The van der Waals surface area contributed by atoms with Gasteiger partial charge >= 0.3 is 0 Å². The SMILES string of the molecule is COCCN1CCC2(CCC1=O)CN(c1ncccc1F)CCN2C. The van der Waals surface area contributed by atoms with Gasteiger partial charge in [-0.2, -0.15) is 0 Å². The second kappa shape index (κ2) is 7.66. The molecule has 1 aromatic rings. The zero-order valence-corrected chi connectivity index (χ0v) is 15.1. The van der Waals surface area contributed by atoms with Gasteiger partial charge in [0, 0.05) is 58.0 Å². The molecule has 0 aliphatic carbocycles. The zero-order chi connectivity index (χ0) is 17.9. The van der Waals surface area contributed by atoms with Crippen molar-refractivity contribution >= 4 is 11.7 Å². The number of halogens is 1. The number of carbonyl (C=O) groups is 1. The van der Waals surface area contributed by atoms with E-state index in [2.05, 4.69) is 16.9 Å². The molecule has 2 aliphatic heterocycles. The summed E-state index contributed by atoms with van der Waals surface area (Å²) in [5.74, 6) is 0.318. The Labute approximate surface area is 148 Å². The van der Waals surface area contributed by atoms with E-state index in [4.69, 9.17) is 4.74 Å². The lowest BCUT2D eigenvalue weighted by molar-refractivity contribution is -0.131. The summed E-state index contributed by atoms with van der Waals surface area (Å²) in [5.41, 5.74) is -0.125. The number of ether oxygens (including phenoxy) is 1. The van der Waals surface area contributed by atoms with Crippen molar-refractivity contribution in [1.29, 1.82) is 0 Å². The van der Waals surface area contributed by atoms with Crippen molar-refractivity contribution in [3.8, 4) is 0 Å². The number of carbonyl (C=O) groups excluding carboxylic acids is 1. The van der Waals surface area contributed by atoms with Crippen LogP contribution in [0, 0.1) is 5.82 Å². The second-order valence-corrected chi connectivity index (χ2v) is 7.00. The molecular formula is C18H27FN4O2. The lowest BCUT2D eigenvalue weighted by Gasteiger charge is -2.49. The maximum atomic E-state index is 14.2. The summed E-state index contributed by atoms with van der Waals surface area (Å²) in [6, 6.07) is 3.07. The van der Waals surface area contributed by atoms with Crippen LogP contribution in [-0.2, 0) is 9.53 Å². The fourth-order valence-electron chi connectivity index (χ4n) is 3.92. The number of nitrogens with zero attached hydrogens (tertiary/aromatic N) is 4. The van der Waals surface area contributed by atoms with Crippen LogP contribution in [-0.4, -0.2) is 79.7 Å². The average molecular weight is 350 g/mol. The van der Waals surface area contributed by atoms with Crippen LogP contribution in [0.1, 0.15) is 19.3 Å². The Morgan fingerprint density at radius 1 is 1.32 bits per heavy atom. The van der Waals surface area contributed by atoms with Gasteiger partial charge in [0.15, 0.2) is 11.6 Å². The molecule has 138 valence electrons. The molecule has 3 rings (SSSR count). The van der Waals surface area contributed by atoms with Crippen LogP contribution in [0.3, 0.4) is 0 Å². The third kappa shape index (κ3) is 3.77. The van der Waals surface area contributed by atoms with E-state index in [0.717, 1.165) is 25.9 Å². The van der Waals surface area contributed by atoms with E-state index in [1.807, 2.05) is 9.80 Å². The smallest absolute Gasteiger partial charge is 0.222 e. The molecule has 6 nitrogen and oxygen atoms in total. The highest BCUT2D eigenvalue weighted by molar-refractivity contribution is 5.76. The number of piperazine rings is 1. The lowest BCUT2D eigenvalue weighted by atomic mass is 9.86. The molecule has 25 heavy (non-hydrogen) atoms. The number of amides is 1. The maximum Gasteiger partial charge on any atom is 0.222 e. The highest BCUT2D eigenvalue weighted by Gasteiger charge is 2.42. The number of hydrogen-bond donors (Lipinski definition) is 0. The van der Waals surface area contributed by atoms with Crippen molar-refractivity contribution in [2.45, 2.75) is 24.8 Å². The van der Waals surface area contributed by atoms with Crippen molar-refractivity contribution < 1.29 is 13.9 Å². The zero-order valence-electron chi connectivity index (χ0n) is 15.1. The van der Waals surface area contributed by atoms with Gasteiger partial charge in [0.25, 0.3) is 0 Å². The van der Waals surface area contributed by atoms with Crippen LogP contribution in [0.25, 0.3) is 0 Å². The molecule has 1 unspecified atom stereocenters. The first-order chi connectivity index (χ1) is 12.1. The number of anilines is 1. The molecule has 0 radical (unpaired) electrons. The first-order valence-electron chi connectivity index (χ1n) is 8.89. The molecule has 3 heterocycles. The Morgan fingerprint density at radius 2 is 2.16 bits per heavy atom. The molecule has 2 aliphatic rings. The van der Waals surface area contributed by atoms with E-state index in [0.29, 0.717) is 38.5 Å². The van der Waals surface area contributed by atoms with E-state index in [9.17, 15) is 9.18 Å². The van der Waals surface area contributed by atoms with Crippen LogP contribution in [0.4, 0.5) is 10.2 Å². The molecule has 0 N–H and O–H groups in total. The van der Waals surface area contributed by atoms with Gasteiger partial charge < -0.3 is 14.5 Å². The summed E-state index contributed by atoms with van der Waals surface area (Å²) in [5, 5.41) is 0. The number of methoxy groups -OCH3 is 1. The summed E-state index contributed by atoms with van der Waals surface area (Å²) in [6.07, 6.45) is 3.82.